The van der Waals surface area contributed by atoms with E-state index >= 15 is 0 Å². The molecule has 0 radical (unpaired) electrons. The Labute approximate surface area is 119 Å². The number of aromatic amines is 1. The van der Waals surface area contributed by atoms with Crippen molar-refractivity contribution < 1.29 is 0 Å². The summed E-state index contributed by atoms with van der Waals surface area (Å²) in [5, 5.41) is 5.69. The van der Waals surface area contributed by atoms with Crippen molar-refractivity contribution in [2.45, 2.75) is 32.6 Å². The molecule has 0 aliphatic carbocycles. The molecule has 2 aromatic rings. The van der Waals surface area contributed by atoms with Gasteiger partial charge in [-0.25, -0.2) is 0 Å². The van der Waals surface area contributed by atoms with E-state index in [0.717, 1.165) is 24.5 Å². The molecule has 3 rings (SSSR count). The van der Waals surface area contributed by atoms with Gasteiger partial charge >= 0.3 is 0 Å². The largest absolute Gasteiger partial charge is 0.358 e. The Morgan fingerprint density at radius 1 is 1.37 bits per heavy atom. The van der Waals surface area contributed by atoms with Crippen molar-refractivity contribution in [3.63, 3.8) is 0 Å². The predicted molar refractivity (Wildman–Crippen MR) is 82.1 cm³/mol. The molecule has 0 fully saturated rings. The van der Waals surface area contributed by atoms with E-state index in [1.165, 1.54) is 28.6 Å². The molecule has 102 valence electrons. The third-order valence-electron chi connectivity index (χ3n) is 4.01. The molecule has 2 heterocycles. The number of halogens is 1. The smallest absolute Gasteiger partial charge is 0.0460 e. The Morgan fingerprint density at radius 3 is 3.00 bits per heavy atom. The van der Waals surface area contributed by atoms with Crippen molar-refractivity contribution in [2.24, 2.45) is 5.92 Å². The van der Waals surface area contributed by atoms with Crippen molar-refractivity contribution in [2.75, 3.05) is 13.1 Å². The molecule has 2 N–H and O–H groups in total. The van der Waals surface area contributed by atoms with Gasteiger partial charge in [-0.3, -0.25) is 0 Å². The summed E-state index contributed by atoms with van der Waals surface area (Å²) in [6, 6.07) is 6.17. The van der Waals surface area contributed by atoms with Crippen LogP contribution in [0.3, 0.4) is 0 Å². The zero-order valence-corrected chi connectivity index (χ0v) is 12.3. The molecule has 1 aromatic heterocycles. The van der Waals surface area contributed by atoms with E-state index in [0.29, 0.717) is 11.8 Å². The van der Waals surface area contributed by atoms with Crippen molar-refractivity contribution in [3.05, 3.63) is 34.5 Å². The molecule has 1 unspecified atom stereocenters. The fourth-order valence-corrected chi connectivity index (χ4v) is 3.39. The molecule has 0 amide bonds. The second-order valence-electron chi connectivity index (χ2n) is 5.99. The SMILES string of the molecule is CC(C)CC1CNCCc2c1[nH]c1ccc(Cl)cc21. The number of nitrogens with one attached hydrogen (secondary N) is 2. The molecule has 1 aliphatic heterocycles. The highest BCUT2D eigenvalue weighted by molar-refractivity contribution is 6.31. The average molecular weight is 277 g/mol. The van der Waals surface area contributed by atoms with E-state index in [9.17, 15) is 0 Å². The summed E-state index contributed by atoms with van der Waals surface area (Å²) in [6.07, 6.45) is 2.31. The number of fused-ring (bicyclic) bond motifs is 3. The first-order chi connectivity index (χ1) is 9.15. The maximum Gasteiger partial charge on any atom is 0.0460 e. The van der Waals surface area contributed by atoms with E-state index < -0.39 is 0 Å². The maximum absolute atomic E-state index is 6.15. The second-order valence-corrected chi connectivity index (χ2v) is 6.42. The summed E-state index contributed by atoms with van der Waals surface area (Å²) in [5.41, 5.74) is 4.12. The Morgan fingerprint density at radius 2 is 2.21 bits per heavy atom. The van der Waals surface area contributed by atoms with Crippen LogP contribution in [0, 0.1) is 5.92 Å². The average Bonchev–Trinajstić information content (AvgIpc) is 2.59. The van der Waals surface area contributed by atoms with Crippen LogP contribution in [-0.2, 0) is 6.42 Å². The van der Waals surface area contributed by atoms with Crippen molar-refractivity contribution >= 4 is 22.5 Å². The van der Waals surface area contributed by atoms with Gasteiger partial charge in [0.05, 0.1) is 0 Å². The standard InChI is InChI=1S/C16H21ClN2/c1-10(2)7-11-9-18-6-5-13-14-8-12(17)3-4-15(14)19-16(11)13/h3-4,8,10-11,18-19H,5-7,9H2,1-2H3. The second kappa shape index (κ2) is 5.18. The van der Waals surface area contributed by atoms with Crippen LogP contribution < -0.4 is 5.32 Å². The topological polar surface area (TPSA) is 27.8 Å². The third-order valence-corrected chi connectivity index (χ3v) is 4.24. The summed E-state index contributed by atoms with van der Waals surface area (Å²) >= 11 is 6.15. The molecular weight excluding hydrogens is 256 g/mol. The maximum atomic E-state index is 6.15. The molecule has 1 aliphatic rings. The van der Waals surface area contributed by atoms with Gasteiger partial charge in [0.1, 0.15) is 0 Å². The Bertz CT molecular complexity index is 586. The van der Waals surface area contributed by atoms with Gasteiger partial charge in [-0.1, -0.05) is 25.4 Å². The molecule has 0 saturated heterocycles. The van der Waals surface area contributed by atoms with Gasteiger partial charge in [0, 0.05) is 34.1 Å². The molecule has 3 heteroatoms. The van der Waals surface area contributed by atoms with Crippen LogP contribution in [0.4, 0.5) is 0 Å². The lowest BCUT2D eigenvalue weighted by Crippen LogP contribution is -2.21. The Balaban J connectivity index is 2.10. The summed E-state index contributed by atoms with van der Waals surface area (Å²) in [4.78, 5) is 3.64. The van der Waals surface area contributed by atoms with Gasteiger partial charge < -0.3 is 10.3 Å². The minimum absolute atomic E-state index is 0.587. The van der Waals surface area contributed by atoms with Crippen LogP contribution in [0.1, 0.15) is 37.4 Å². The molecular formula is C16H21ClN2. The summed E-state index contributed by atoms with van der Waals surface area (Å²) in [7, 11) is 0. The van der Waals surface area contributed by atoms with Gasteiger partial charge in [0.25, 0.3) is 0 Å². The van der Waals surface area contributed by atoms with Crippen LogP contribution in [-0.4, -0.2) is 18.1 Å². The third kappa shape index (κ3) is 2.52. The highest BCUT2D eigenvalue weighted by atomic mass is 35.5. The number of hydrogen-bond acceptors (Lipinski definition) is 1. The quantitative estimate of drug-likeness (QED) is 0.849. The number of H-pyrrole nitrogens is 1. The number of rotatable bonds is 2. The molecule has 19 heavy (non-hydrogen) atoms. The van der Waals surface area contributed by atoms with Gasteiger partial charge in [-0.15, -0.1) is 0 Å². The first kappa shape index (κ1) is 13.0. The summed E-state index contributed by atoms with van der Waals surface area (Å²) < 4.78 is 0. The van der Waals surface area contributed by atoms with E-state index in [1.54, 1.807) is 0 Å². The highest BCUT2D eigenvalue weighted by Gasteiger charge is 2.23. The summed E-state index contributed by atoms with van der Waals surface area (Å²) in [5.74, 6) is 1.30. The van der Waals surface area contributed by atoms with Crippen LogP contribution >= 0.6 is 11.6 Å². The Hall–Kier alpha value is -0.990. The lowest BCUT2D eigenvalue weighted by atomic mass is 9.92. The monoisotopic (exact) mass is 276 g/mol. The van der Waals surface area contributed by atoms with Crippen molar-refractivity contribution in [1.82, 2.24) is 10.3 Å². The van der Waals surface area contributed by atoms with Crippen LogP contribution in [0.2, 0.25) is 5.02 Å². The fourth-order valence-electron chi connectivity index (χ4n) is 3.22. The van der Waals surface area contributed by atoms with E-state index in [1.807, 2.05) is 6.07 Å². The van der Waals surface area contributed by atoms with E-state index in [2.05, 4.69) is 36.3 Å². The molecule has 0 spiro atoms. The zero-order valence-electron chi connectivity index (χ0n) is 11.6. The molecule has 1 aromatic carbocycles. The van der Waals surface area contributed by atoms with E-state index in [4.69, 9.17) is 11.6 Å². The number of benzene rings is 1. The first-order valence-electron chi connectivity index (χ1n) is 7.16. The van der Waals surface area contributed by atoms with Crippen molar-refractivity contribution in [3.8, 4) is 0 Å². The number of hydrogen-bond donors (Lipinski definition) is 2. The van der Waals surface area contributed by atoms with Gasteiger partial charge in [-0.2, -0.15) is 0 Å². The normalized spacial score (nSPS) is 19.7. The zero-order chi connectivity index (χ0) is 13.4. The van der Waals surface area contributed by atoms with Gasteiger partial charge in [-0.05, 0) is 49.1 Å². The molecule has 2 nitrogen and oxygen atoms in total. The van der Waals surface area contributed by atoms with Gasteiger partial charge in [0.15, 0.2) is 0 Å². The minimum atomic E-state index is 0.587. The lowest BCUT2D eigenvalue weighted by molar-refractivity contribution is 0.475. The van der Waals surface area contributed by atoms with Crippen LogP contribution in [0.5, 0.6) is 0 Å². The highest BCUT2D eigenvalue weighted by Crippen LogP contribution is 2.33. The van der Waals surface area contributed by atoms with Crippen molar-refractivity contribution in [1.29, 1.82) is 0 Å². The van der Waals surface area contributed by atoms with Crippen LogP contribution in [0.15, 0.2) is 18.2 Å². The first-order valence-corrected chi connectivity index (χ1v) is 7.53. The fraction of sp³-hybridized carbons (Fsp3) is 0.500. The molecule has 1 atom stereocenters. The van der Waals surface area contributed by atoms with Crippen LogP contribution in [0.25, 0.3) is 10.9 Å². The Kier molecular flexibility index (Phi) is 3.55. The minimum Gasteiger partial charge on any atom is -0.358 e. The molecule has 0 bridgehead atoms. The predicted octanol–water partition coefficient (Wildman–Crippen LogP) is 4.10. The van der Waals surface area contributed by atoms with E-state index in [-0.39, 0.29) is 0 Å². The summed E-state index contributed by atoms with van der Waals surface area (Å²) in [6.45, 7) is 6.72. The lowest BCUT2D eigenvalue weighted by Gasteiger charge is -2.17. The van der Waals surface area contributed by atoms with Gasteiger partial charge in [0.2, 0.25) is 0 Å². The molecule has 0 saturated carbocycles. The number of aromatic nitrogens is 1.